The number of aromatic nitrogens is 1. The van der Waals surface area contributed by atoms with E-state index in [1.165, 1.54) is 43.2 Å². The number of nitrogens with zero attached hydrogens (tertiary/aromatic N) is 2. The van der Waals surface area contributed by atoms with Crippen LogP contribution in [0.25, 0.3) is 0 Å². The van der Waals surface area contributed by atoms with E-state index in [2.05, 4.69) is 66.5 Å². The molecule has 0 bridgehead atoms. The molecule has 0 spiro atoms. The summed E-state index contributed by atoms with van der Waals surface area (Å²) in [6, 6.07) is 21.3. The molecule has 1 atom stereocenters. The van der Waals surface area contributed by atoms with Gasteiger partial charge in [0.05, 0.1) is 31.9 Å². The van der Waals surface area contributed by atoms with Gasteiger partial charge in [0.1, 0.15) is 5.76 Å². The van der Waals surface area contributed by atoms with Crippen molar-refractivity contribution in [3.8, 4) is 0 Å². The largest absolute Gasteiger partial charge is 0.444 e. The van der Waals surface area contributed by atoms with Gasteiger partial charge in [0.25, 0.3) is 0 Å². The van der Waals surface area contributed by atoms with Crippen LogP contribution in [-0.2, 0) is 17.7 Å². The predicted octanol–water partition coefficient (Wildman–Crippen LogP) is 6.08. The highest BCUT2D eigenvalue weighted by molar-refractivity contribution is 5.26. The fraction of sp³-hybridized carbons (Fsp3) is 0.464. The first-order valence-electron chi connectivity index (χ1n) is 12.1. The second kappa shape index (κ2) is 12.0. The molecular formula is C28H36N2O2. The normalized spacial score (nSPS) is 15.8. The Labute approximate surface area is 192 Å². The van der Waals surface area contributed by atoms with E-state index in [9.17, 15) is 0 Å². The summed E-state index contributed by atoms with van der Waals surface area (Å²) in [7, 11) is 2.11. The SMILES string of the molecule is CN(CCOCCc1ccccc1)Cc1cnc([C@H](c2ccccc2)C2CCCCC2)o1. The maximum Gasteiger partial charge on any atom is 0.202 e. The van der Waals surface area contributed by atoms with E-state index in [0.29, 0.717) is 5.92 Å². The van der Waals surface area contributed by atoms with Gasteiger partial charge >= 0.3 is 0 Å². The molecule has 4 rings (SSSR count). The molecule has 170 valence electrons. The summed E-state index contributed by atoms with van der Waals surface area (Å²) in [5, 5.41) is 0. The molecule has 0 unspecified atom stereocenters. The lowest BCUT2D eigenvalue weighted by Crippen LogP contribution is -2.23. The lowest BCUT2D eigenvalue weighted by atomic mass is 9.77. The number of likely N-dealkylation sites (N-methyl/N-ethyl adjacent to an activating group) is 1. The van der Waals surface area contributed by atoms with Crippen LogP contribution < -0.4 is 0 Å². The Bertz CT molecular complexity index is 903. The molecule has 4 heteroatoms. The van der Waals surface area contributed by atoms with Crippen LogP contribution in [0, 0.1) is 5.92 Å². The van der Waals surface area contributed by atoms with Gasteiger partial charge in [-0.1, -0.05) is 79.9 Å². The van der Waals surface area contributed by atoms with Crippen LogP contribution in [0.2, 0.25) is 0 Å². The van der Waals surface area contributed by atoms with E-state index in [1.807, 2.05) is 12.3 Å². The summed E-state index contributed by atoms with van der Waals surface area (Å²) in [5.41, 5.74) is 2.65. The van der Waals surface area contributed by atoms with Crippen molar-refractivity contribution in [1.29, 1.82) is 0 Å². The molecule has 32 heavy (non-hydrogen) atoms. The van der Waals surface area contributed by atoms with E-state index < -0.39 is 0 Å². The summed E-state index contributed by atoms with van der Waals surface area (Å²) in [6.45, 7) is 3.10. The molecule has 1 aliphatic rings. The lowest BCUT2D eigenvalue weighted by Gasteiger charge is -2.28. The quantitative estimate of drug-likeness (QED) is 0.344. The zero-order valence-electron chi connectivity index (χ0n) is 19.3. The minimum Gasteiger partial charge on any atom is -0.444 e. The Morgan fingerprint density at radius 2 is 1.69 bits per heavy atom. The van der Waals surface area contributed by atoms with E-state index in [-0.39, 0.29) is 5.92 Å². The zero-order valence-corrected chi connectivity index (χ0v) is 19.3. The van der Waals surface area contributed by atoms with E-state index >= 15 is 0 Å². The van der Waals surface area contributed by atoms with Crippen LogP contribution in [-0.4, -0.2) is 36.7 Å². The number of rotatable bonds is 11. The Morgan fingerprint density at radius 1 is 0.969 bits per heavy atom. The highest BCUT2D eigenvalue weighted by atomic mass is 16.5. The van der Waals surface area contributed by atoms with E-state index in [0.717, 1.165) is 44.4 Å². The van der Waals surface area contributed by atoms with Gasteiger partial charge in [-0.2, -0.15) is 0 Å². The van der Waals surface area contributed by atoms with Crippen LogP contribution in [0.4, 0.5) is 0 Å². The number of hydrogen-bond donors (Lipinski definition) is 0. The van der Waals surface area contributed by atoms with Gasteiger partial charge in [-0.05, 0) is 43.4 Å². The lowest BCUT2D eigenvalue weighted by molar-refractivity contribution is 0.110. The summed E-state index contributed by atoms with van der Waals surface area (Å²) in [6.07, 6.45) is 9.38. The van der Waals surface area contributed by atoms with E-state index in [1.54, 1.807) is 0 Å². The topological polar surface area (TPSA) is 38.5 Å². The van der Waals surface area contributed by atoms with Crippen molar-refractivity contribution >= 4 is 0 Å². The van der Waals surface area contributed by atoms with Crippen molar-refractivity contribution in [3.63, 3.8) is 0 Å². The fourth-order valence-electron chi connectivity index (χ4n) is 4.79. The molecule has 1 aromatic heterocycles. The molecule has 1 heterocycles. The van der Waals surface area contributed by atoms with Crippen LogP contribution >= 0.6 is 0 Å². The number of hydrogen-bond acceptors (Lipinski definition) is 4. The third kappa shape index (κ3) is 6.54. The number of benzene rings is 2. The molecule has 4 nitrogen and oxygen atoms in total. The first kappa shape index (κ1) is 22.8. The maximum absolute atomic E-state index is 6.32. The van der Waals surface area contributed by atoms with Crippen molar-refractivity contribution in [1.82, 2.24) is 9.88 Å². The molecule has 0 N–H and O–H groups in total. The smallest absolute Gasteiger partial charge is 0.202 e. The van der Waals surface area contributed by atoms with Gasteiger partial charge in [-0.3, -0.25) is 4.90 Å². The first-order valence-corrected chi connectivity index (χ1v) is 12.1. The number of ether oxygens (including phenoxy) is 1. The van der Waals surface area contributed by atoms with Gasteiger partial charge in [0.2, 0.25) is 5.89 Å². The highest BCUT2D eigenvalue weighted by Gasteiger charge is 2.30. The summed E-state index contributed by atoms with van der Waals surface area (Å²) in [5.74, 6) is 2.69. The molecule has 1 aliphatic carbocycles. The second-order valence-electron chi connectivity index (χ2n) is 9.04. The van der Waals surface area contributed by atoms with Crippen molar-refractivity contribution < 1.29 is 9.15 Å². The third-order valence-electron chi connectivity index (χ3n) is 6.54. The van der Waals surface area contributed by atoms with Crippen molar-refractivity contribution in [3.05, 3.63) is 89.6 Å². The molecular weight excluding hydrogens is 396 g/mol. The predicted molar refractivity (Wildman–Crippen MR) is 129 cm³/mol. The van der Waals surface area contributed by atoms with E-state index in [4.69, 9.17) is 14.1 Å². The maximum atomic E-state index is 6.32. The second-order valence-corrected chi connectivity index (χ2v) is 9.04. The van der Waals surface area contributed by atoms with Crippen molar-refractivity contribution in [2.45, 2.75) is 51.0 Å². The monoisotopic (exact) mass is 432 g/mol. The standard InChI is InChI=1S/C28H36N2O2/c1-30(18-20-31-19-17-23-11-5-2-6-12-23)22-26-21-29-28(32-26)27(24-13-7-3-8-14-24)25-15-9-4-10-16-25/h2-3,5-8,11-14,21,25,27H,4,9-10,15-20,22H2,1H3/t27-/m1/s1. The average Bonchev–Trinajstić information content (AvgIpc) is 3.29. The van der Waals surface area contributed by atoms with Gasteiger partial charge < -0.3 is 9.15 Å². The highest BCUT2D eigenvalue weighted by Crippen LogP contribution is 2.40. The Balaban J connectivity index is 1.28. The summed E-state index contributed by atoms with van der Waals surface area (Å²) < 4.78 is 12.2. The fourth-order valence-corrected chi connectivity index (χ4v) is 4.79. The van der Waals surface area contributed by atoms with Crippen LogP contribution in [0.3, 0.4) is 0 Å². The van der Waals surface area contributed by atoms with Gasteiger partial charge in [0, 0.05) is 6.54 Å². The van der Waals surface area contributed by atoms with Crippen molar-refractivity contribution in [2.24, 2.45) is 5.92 Å². The van der Waals surface area contributed by atoms with Gasteiger partial charge in [0.15, 0.2) is 0 Å². The zero-order chi connectivity index (χ0) is 22.0. The first-order chi connectivity index (χ1) is 15.8. The molecule has 3 aromatic rings. The summed E-state index contributed by atoms with van der Waals surface area (Å²) >= 11 is 0. The molecule has 1 fully saturated rings. The molecule has 0 saturated heterocycles. The Kier molecular flexibility index (Phi) is 8.52. The molecule has 1 saturated carbocycles. The minimum atomic E-state index is 0.261. The van der Waals surface area contributed by atoms with Gasteiger partial charge in [-0.15, -0.1) is 0 Å². The van der Waals surface area contributed by atoms with Gasteiger partial charge in [-0.25, -0.2) is 4.98 Å². The van der Waals surface area contributed by atoms with Crippen LogP contribution in [0.5, 0.6) is 0 Å². The number of oxazole rings is 1. The molecule has 0 radical (unpaired) electrons. The third-order valence-corrected chi connectivity index (χ3v) is 6.54. The Hall–Kier alpha value is -2.43. The molecule has 0 amide bonds. The Morgan fingerprint density at radius 3 is 2.44 bits per heavy atom. The molecule has 0 aliphatic heterocycles. The van der Waals surface area contributed by atoms with Crippen molar-refractivity contribution in [2.75, 3.05) is 26.8 Å². The molecule has 2 aromatic carbocycles. The summed E-state index contributed by atoms with van der Waals surface area (Å²) in [4.78, 5) is 6.98. The minimum absolute atomic E-state index is 0.261. The average molecular weight is 433 g/mol. The van der Waals surface area contributed by atoms with Crippen LogP contribution in [0.15, 0.2) is 71.3 Å². The van der Waals surface area contributed by atoms with Crippen LogP contribution in [0.1, 0.15) is 60.8 Å².